The summed E-state index contributed by atoms with van der Waals surface area (Å²) in [5.74, 6) is 1.21. The summed E-state index contributed by atoms with van der Waals surface area (Å²) in [6.45, 7) is 5.35. The normalized spacial score (nSPS) is 14.2. The molecule has 144 valence electrons. The highest BCUT2D eigenvalue weighted by Gasteiger charge is 2.19. The summed E-state index contributed by atoms with van der Waals surface area (Å²) in [4.78, 5) is 13.4. The average Bonchev–Trinajstić information content (AvgIpc) is 2.72. The van der Waals surface area contributed by atoms with Crippen LogP contribution in [0.1, 0.15) is 5.56 Å². The molecule has 0 bridgehead atoms. The number of benzene rings is 2. The predicted molar refractivity (Wildman–Crippen MR) is 112 cm³/mol. The molecule has 0 atom stereocenters. The first-order valence-electron chi connectivity index (χ1n) is 9.20. The van der Waals surface area contributed by atoms with Crippen molar-refractivity contribution in [2.75, 3.05) is 41.3 Å². The molecule has 1 N–H and O–H groups in total. The van der Waals surface area contributed by atoms with Gasteiger partial charge in [0.1, 0.15) is 11.6 Å². The SMILES string of the molecule is Cc1ccc(Nc2nccc(N3CCN(c4ccc(F)cc4)CC3)n2)cc1Cl. The Morgan fingerprint density at radius 1 is 0.964 bits per heavy atom. The number of hydrogen-bond donors (Lipinski definition) is 1. The summed E-state index contributed by atoms with van der Waals surface area (Å²) >= 11 is 6.19. The maximum absolute atomic E-state index is 13.1. The Bertz CT molecular complexity index is 955. The number of rotatable bonds is 4. The van der Waals surface area contributed by atoms with E-state index >= 15 is 0 Å². The van der Waals surface area contributed by atoms with Crippen molar-refractivity contribution in [1.29, 1.82) is 0 Å². The lowest BCUT2D eigenvalue weighted by molar-refractivity contribution is 0.624. The number of nitrogens with one attached hydrogen (secondary N) is 1. The lowest BCUT2D eigenvalue weighted by Gasteiger charge is -2.36. The summed E-state index contributed by atoms with van der Waals surface area (Å²) in [6.07, 6.45) is 1.76. The summed E-state index contributed by atoms with van der Waals surface area (Å²) in [6, 6.07) is 14.4. The fraction of sp³-hybridized carbons (Fsp3) is 0.238. The van der Waals surface area contributed by atoms with Gasteiger partial charge in [0.05, 0.1) is 0 Å². The monoisotopic (exact) mass is 397 g/mol. The molecular formula is C21H21ClFN5. The van der Waals surface area contributed by atoms with Crippen molar-refractivity contribution in [3.05, 3.63) is 71.1 Å². The summed E-state index contributed by atoms with van der Waals surface area (Å²) in [5, 5.41) is 3.92. The quantitative estimate of drug-likeness (QED) is 0.694. The highest BCUT2D eigenvalue weighted by Crippen LogP contribution is 2.24. The molecule has 0 amide bonds. The van der Waals surface area contributed by atoms with Crippen molar-refractivity contribution in [2.24, 2.45) is 0 Å². The van der Waals surface area contributed by atoms with Gasteiger partial charge in [-0.25, -0.2) is 9.37 Å². The fourth-order valence-corrected chi connectivity index (χ4v) is 3.41. The third kappa shape index (κ3) is 4.17. The minimum absolute atomic E-state index is 0.210. The minimum Gasteiger partial charge on any atom is -0.368 e. The molecule has 7 heteroatoms. The van der Waals surface area contributed by atoms with Gasteiger partial charge in [0.15, 0.2) is 0 Å². The van der Waals surface area contributed by atoms with Crippen molar-refractivity contribution >= 4 is 34.7 Å². The predicted octanol–water partition coefficient (Wildman–Crippen LogP) is 4.65. The highest BCUT2D eigenvalue weighted by molar-refractivity contribution is 6.31. The minimum atomic E-state index is -0.210. The topological polar surface area (TPSA) is 44.3 Å². The van der Waals surface area contributed by atoms with Gasteiger partial charge in [-0.15, -0.1) is 0 Å². The van der Waals surface area contributed by atoms with Gasteiger partial charge in [-0.05, 0) is 55.0 Å². The van der Waals surface area contributed by atoms with E-state index in [4.69, 9.17) is 11.6 Å². The molecule has 0 saturated carbocycles. The maximum atomic E-state index is 13.1. The molecule has 3 aromatic rings. The zero-order valence-corrected chi connectivity index (χ0v) is 16.3. The molecule has 1 saturated heterocycles. The van der Waals surface area contributed by atoms with E-state index < -0.39 is 0 Å². The van der Waals surface area contributed by atoms with E-state index in [2.05, 4.69) is 25.1 Å². The maximum Gasteiger partial charge on any atom is 0.229 e. The molecule has 5 nitrogen and oxygen atoms in total. The van der Waals surface area contributed by atoms with Crippen LogP contribution < -0.4 is 15.1 Å². The molecule has 4 rings (SSSR count). The van der Waals surface area contributed by atoms with Crippen LogP contribution in [0.2, 0.25) is 5.02 Å². The number of anilines is 4. The van der Waals surface area contributed by atoms with Crippen LogP contribution in [0.5, 0.6) is 0 Å². The van der Waals surface area contributed by atoms with Gasteiger partial charge in [-0.1, -0.05) is 17.7 Å². The van der Waals surface area contributed by atoms with Gasteiger partial charge in [0.2, 0.25) is 5.95 Å². The Hall–Kier alpha value is -2.86. The van der Waals surface area contributed by atoms with Crippen LogP contribution in [0.25, 0.3) is 0 Å². The smallest absolute Gasteiger partial charge is 0.229 e. The second kappa shape index (κ2) is 8.02. The fourth-order valence-electron chi connectivity index (χ4n) is 3.23. The number of hydrogen-bond acceptors (Lipinski definition) is 5. The van der Waals surface area contributed by atoms with Gasteiger partial charge >= 0.3 is 0 Å². The standard InChI is InChI=1S/C21H21ClFN5/c1-15-2-5-17(14-19(15)22)25-21-24-9-8-20(26-21)28-12-10-27(11-13-28)18-6-3-16(23)4-7-18/h2-9,14H,10-13H2,1H3,(H,24,25,26). The van der Waals surface area contributed by atoms with E-state index in [1.54, 1.807) is 6.20 Å². The van der Waals surface area contributed by atoms with E-state index in [1.165, 1.54) is 12.1 Å². The van der Waals surface area contributed by atoms with Crippen LogP contribution in [0.3, 0.4) is 0 Å². The van der Waals surface area contributed by atoms with Gasteiger partial charge in [0, 0.05) is 48.8 Å². The molecule has 2 heterocycles. The number of halogens is 2. The van der Waals surface area contributed by atoms with Crippen LogP contribution >= 0.6 is 11.6 Å². The van der Waals surface area contributed by atoms with Crippen LogP contribution in [0, 0.1) is 12.7 Å². The molecule has 1 aromatic heterocycles. The van der Waals surface area contributed by atoms with E-state index in [0.717, 1.165) is 48.9 Å². The Balaban J connectivity index is 1.42. The zero-order chi connectivity index (χ0) is 19.5. The third-order valence-corrected chi connectivity index (χ3v) is 5.27. The summed E-state index contributed by atoms with van der Waals surface area (Å²) < 4.78 is 13.1. The van der Waals surface area contributed by atoms with Crippen LogP contribution in [0.4, 0.5) is 27.5 Å². The molecule has 2 aromatic carbocycles. The van der Waals surface area contributed by atoms with Gasteiger partial charge in [-0.2, -0.15) is 4.98 Å². The van der Waals surface area contributed by atoms with Crippen molar-refractivity contribution in [3.8, 4) is 0 Å². The van der Waals surface area contributed by atoms with E-state index in [9.17, 15) is 4.39 Å². The molecule has 1 aliphatic heterocycles. The zero-order valence-electron chi connectivity index (χ0n) is 15.6. The molecular weight excluding hydrogens is 377 g/mol. The van der Waals surface area contributed by atoms with Crippen LogP contribution in [0.15, 0.2) is 54.7 Å². The van der Waals surface area contributed by atoms with E-state index in [1.807, 2.05) is 43.3 Å². The molecule has 28 heavy (non-hydrogen) atoms. The first-order chi connectivity index (χ1) is 13.6. The molecule has 0 radical (unpaired) electrons. The first-order valence-corrected chi connectivity index (χ1v) is 9.58. The average molecular weight is 398 g/mol. The Morgan fingerprint density at radius 2 is 1.68 bits per heavy atom. The summed E-state index contributed by atoms with van der Waals surface area (Å²) in [5.41, 5.74) is 2.93. The molecule has 1 aliphatic rings. The van der Waals surface area contributed by atoms with Gasteiger partial charge in [0.25, 0.3) is 0 Å². The highest BCUT2D eigenvalue weighted by atomic mass is 35.5. The van der Waals surface area contributed by atoms with Crippen LogP contribution in [-0.2, 0) is 0 Å². The van der Waals surface area contributed by atoms with E-state index in [-0.39, 0.29) is 5.82 Å². The number of aryl methyl sites for hydroxylation is 1. The second-order valence-electron chi connectivity index (χ2n) is 6.78. The van der Waals surface area contributed by atoms with Crippen molar-refractivity contribution in [3.63, 3.8) is 0 Å². The summed E-state index contributed by atoms with van der Waals surface area (Å²) in [7, 11) is 0. The Labute approximate surface area is 168 Å². The largest absolute Gasteiger partial charge is 0.368 e. The molecule has 0 unspecified atom stereocenters. The molecule has 0 spiro atoms. The second-order valence-corrected chi connectivity index (χ2v) is 7.19. The van der Waals surface area contributed by atoms with E-state index in [0.29, 0.717) is 11.0 Å². The number of piperazine rings is 1. The Morgan fingerprint density at radius 3 is 2.39 bits per heavy atom. The van der Waals surface area contributed by atoms with Gasteiger partial charge in [-0.3, -0.25) is 0 Å². The number of aromatic nitrogens is 2. The van der Waals surface area contributed by atoms with Gasteiger partial charge < -0.3 is 15.1 Å². The molecule has 1 fully saturated rings. The third-order valence-electron chi connectivity index (χ3n) is 4.86. The lowest BCUT2D eigenvalue weighted by Crippen LogP contribution is -2.46. The van der Waals surface area contributed by atoms with Crippen LogP contribution in [-0.4, -0.2) is 36.1 Å². The van der Waals surface area contributed by atoms with Crippen molar-refractivity contribution in [2.45, 2.75) is 6.92 Å². The van der Waals surface area contributed by atoms with Crippen molar-refractivity contribution in [1.82, 2.24) is 9.97 Å². The van der Waals surface area contributed by atoms with Crippen molar-refractivity contribution < 1.29 is 4.39 Å². The Kier molecular flexibility index (Phi) is 5.30. The number of nitrogens with zero attached hydrogens (tertiary/aromatic N) is 4. The molecule has 0 aliphatic carbocycles. The first kappa shape index (κ1) is 18.5. The lowest BCUT2D eigenvalue weighted by atomic mass is 10.2.